The van der Waals surface area contributed by atoms with E-state index < -0.39 is 11.6 Å². The van der Waals surface area contributed by atoms with Crippen molar-refractivity contribution in [3.8, 4) is 5.75 Å². The number of nitrogens with zero attached hydrogens (tertiary/aromatic N) is 1. The van der Waals surface area contributed by atoms with Gasteiger partial charge in [-0.3, -0.25) is 5.43 Å². The van der Waals surface area contributed by atoms with E-state index in [1.165, 1.54) is 12.3 Å². The van der Waals surface area contributed by atoms with Gasteiger partial charge >= 0.3 is 0 Å². The molecule has 0 fully saturated rings. The number of ether oxygens (including phenoxy) is 1. The topological polar surface area (TPSA) is 45.6 Å². The van der Waals surface area contributed by atoms with Gasteiger partial charge in [0, 0.05) is 18.2 Å². The molecular weight excluding hydrogens is 320 g/mol. The van der Waals surface area contributed by atoms with E-state index in [2.05, 4.69) is 15.8 Å². The van der Waals surface area contributed by atoms with Crippen molar-refractivity contribution >= 4 is 23.5 Å². The van der Waals surface area contributed by atoms with E-state index >= 15 is 0 Å². The summed E-state index contributed by atoms with van der Waals surface area (Å²) < 4.78 is 31.2. The molecule has 0 spiro atoms. The molecule has 0 saturated carbocycles. The van der Waals surface area contributed by atoms with Crippen molar-refractivity contribution in [3.63, 3.8) is 0 Å². The Morgan fingerprint density at radius 1 is 1.22 bits per heavy atom. The summed E-state index contributed by atoms with van der Waals surface area (Å²) in [6.45, 7) is 0.510. The van der Waals surface area contributed by atoms with Crippen molar-refractivity contribution in [1.29, 1.82) is 0 Å². The predicted molar refractivity (Wildman–Crippen MR) is 89.5 cm³/mol. The van der Waals surface area contributed by atoms with Crippen molar-refractivity contribution in [3.05, 3.63) is 65.2 Å². The minimum atomic E-state index is -0.687. The molecule has 23 heavy (non-hydrogen) atoms. The second-order valence-electron chi connectivity index (χ2n) is 4.57. The number of hydrazone groups is 1. The second-order valence-corrected chi connectivity index (χ2v) is 4.97. The maximum atomic E-state index is 13.4. The number of benzene rings is 2. The highest BCUT2D eigenvalue weighted by atomic mass is 32.1. The van der Waals surface area contributed by atoms with Crippen LogP contribution >= 0.6 is 12.2 Å². The van der Waals surface area contributed by atoms with Gasteiger partial charge in [-0.05, 0) is 42.0 Å². The molecule has 2 N–H and O–H groups in total. The molecule has 0 aromatic heterocycles. The van der Waals surface area contributed by atoms with Gasteiger partial charge in [0.25, 0.3) is 0 Å². The second kappa shape index (κ2) is 8.19. The predicted octanol–water partition coefficient (Wildman–Crippen LogP) is 2.97. The number of methoxy groups -OCH3 is 1. The quantitative estimate of drug-likeness (QED) is 0.501. The largest absolute Gasteiger partial charge is 0.497 e. The van der Waals surface area contributed by atoms with Crippen LogP contribution in [0.15, 0.2) is 47.6 Å². The summed E-state index contributed by atoms with van der Waals surface area (Å²) in [7, 11) is 1.61. The summed E-state index contributed by atoms with van der Waals surface area (Å²) in [5.74, 6) is -0.544. The molecule has 2 aromatic carbocycles. The number of hydrogen-bond donors (Lipinski definition) is 2. The Bertz CT molecular complexity index is 705. The van der Waals surface area contributed by atoms with E-state index in [1.807, 2.05) is 24.3 Å². The first-order valence-corrected chi connectivity index (χ1v) is 7.14. The fourth-order valence-corrected chi connectivity index (χ4v) is 1.86. The van der Waals surface area contributed by atoms with Crippen LogP contribution in [-0.2, 0) is 6.54 Å². The Kier molecular flexibility index (Phi) is 5.99. The number of halogens is 2. The van der Waals surface area contributed by atoms with E-state index in [0.29, 0.717) is 11.7 Å². The fraction of sp³-hybridized carbons (Fsp3) is 0.125. The van der Waals surface area contributed by atoms with Crippen molar-refractivity contribution in [2.24, 2.45) is 5.10 Å². The Hall–Kier alpha value is -2.54. The third kappa shape index (κ3) is 5.30. The van der Waals surface area contributed by atoms with Gasteiger partial charge < -0.3 is 10.1 Å². The summed E-state index contributed by atoms with van der Waals surface area (Å²) >= 11 is 5.06. The van der Waals surface area contributed by atoms with Crippen molar-refractivity contribution in [2.75, 3.05) is 7.11 Å². The zero-order valence-electron chi connectivity index (χ0n) is 12.3. The summed E-state index contributed by atoms with van der Waals surface area (Å²) in [5, 5.41) is 7.06. The maximum absolute atomic E-state index is 13.4. The van der Waals surface area contributed by atoms with Gasteiger partial charge in [-0.1, -0.05) is 12.1 Å². The Labute approximate surface area is 138 Å². The van der Waals surface area contributed by atoms with Crippen LogP contribution in [0, 0.1) is 11.6 Å². The summed E-state index contributed by atoms with van der Waals surface area (Å²) in [5.41, 5.74) is 3.75. The van der Waals surface area contributed by atoms with Gasteiger partial charge in [0.1, 0.15) is 17.4 Å². The van der Waals surface area contributed by atoms with Crippen molar-refractivity contribution < 1.29 is 13.5 Å². The molecule has 7 heteroatoms. The van der Waals surface area contributed by atoms with Crippen LogP contribution in [0.1, 0.15) is 11.1 Å². The zero-order chi connectivity index (χ0) is 16.7. The Morgan fingerprint density at radius 3 is 2.61 bits per heavy atom. The van der Waals surface area contributed by atoms with Crippen LogP contribution in [0.4, 0.5) is 8.78 Å². The molecule has 0 unspecified atom stereocenters. The third-order valence-electron chi connectivity index (χ3n) is 2.94. The van der Waals surface area contributed by atoms with Crippen molar-refractivity contribution in [1.82, 2.24) is 10.7 Å². The average Bonchev–Trinajstić information content (AvgIpc) is 2.55. The lowest BCUT2D eigenvalue weighted by Crippen LogP contribution is -2.31. The number of rotatable bonds is 5. The Morgan fingerprint density at radius 2 is 1.96 bits per heavy atom. The summed E-state index contributed by atoms with van der Waals surface area (Å²) in [6.07, 6.45) is 1.23. The van der Waals surface area contributed by atoms with E-state index in [4.69, 9.17) is 17.0 Å². The first kappa shape index (κ1) is 16.8. The molecule has 2 rings (SSSR count). The minimum absolute atomic E-state index is 0.164. The van der Waals surface area contributed by atoms with Crippen LogP contribution in [0.25, 0.3) is 0 Å². The lowest BCUT2D eigenvalue weighted by molar-refractivity contribution is 0.414. The first-order valence-electron chi connectivity index (χ1n) is 6.73. The van der Waals surface area contributed by atoms with Gasteiger partial charge in [-0.25, -0.2) is 8.78 Å². The standard InChI is InChI=1S/C16H15F2N3OS/c1-22-14-6-2-11(3-7-14)9-19-16(23)21-20-10-12-4-5-13(17)8-15(12)18/h2-8,10H,9H2,1H3,(H2,19,21,23)/b20-10-. The van der Waals surface area contributed by atoms with Crippen LogP contribution in [0.3, 0.4) is 0 Å². The van der Waals surface area contributed by atoms with Crippen molar-refractivity contribution in [2.45, 2.75) is 6.54 Å². The summed E-state index contributed by atoms with van der Waals surface area (Å²) in [4.78, 5) is 0. The monoisotopic (exact) mass is 335 g/mol. The molecule has 0 amide bonds. The molecule has 0 radical (unpaired) electrons. The molecule has 0 atom stereocenters. The molecular formula is C16H15F2N3OS. The van der Waals surface area contributed by atoms with E-state index in [1.54, 1.807) is 7.11 Å². The third-order valence-corrected chi connectivity index (χ3v) is 3.18. The van der Waals surface area contributed by atoms with Crippen LogP contribution in [0.2, 0.25) is 0 Å². The molecule has 120 valence electrons. The molecule has 0 saturated heterocycles. The van der Waals surface area contributed by atoms with Crippen LogP contribution in [-0.4, -0.2) is 18.4 Å². The zero-order valence-corrected chi connectivity index (χ0v) is 13.2. The number of hydrogen-bond acceptors (Lipinski definition) is 3. The number of nitrogens with one attached hydrogen (secondary N) is 2. The fourth-order valence-electron chi connectivity index (χ4n) is 1.73. The normalized spacial score (nSPS) is 10.6. The molecule has 0 heterocycles. The van der Waals surface area contributed by atoms with E-state index in [-0.39, 0.29) is 5.56 Å². The number of thiocarbonyl (C=S) groups is 1. The van der Waals surface area contributed by atoms with Crippen LogP contribution in [0.5, 0.6) is 5.75 Å². The van der Waals surface area contributed by atoms with Gasteiger partial charge in [0.15, 0.2) is 5.11 Å². The van der Waals surface area contributed by atoms with E-state index in [0.717, 1.165) is 23.4 Å². The minimum Gasteiger partial charge on any atom is -0.497 e. The molecule has 0 aliphatic rings. The summed E-state index contributed by atoms with van der Waals surface area (Å²) in [6, 6.07) is 10.8. The highest BCUT2D eigenvalue weighted by molar-refractivity contribution is 7.80. The molecule has 0 bridgehead atoms. The smallest absolute Gasteiger partial charge is 0.187 e. The molecule has 0 aliphatic heterocycles. The van der Waals surface area contributed by atoms with Gasteiger partial charge in [-0.15, -0.1) is 0 Å². The molecule has 0 aliphatic carbocycles. The van der Waals surface area contributed by atoms with Gasteiger partial charge in [-0.2, -0.15) is 5.10 Å². The first-order chi connectivity index (χ1) is 11.1. The Balaban J connectivity index is 1.81. The highest BCUT2D eigenvalue weighted by Gasteiger charge is 2.01. The highest BCUT2D eigenvalue weighted by Crippen LogP contribution is 2.10. The van der Waals surface area contributed by atoms with Gasteiger partial charge in [0.2, 0.25) is 0 Å². The maximum Gasteiger partial charge on any atom is 0.187 e. The van der Waals surface area contributed by atoms with Gasteiger partial charge in [0.05, 0.1) is 13.3 Å². The molecule has 4 nitrogen and oxygen atoms in total. The van der Waals surface area contributed by atoms with E-state index in [9.17, 15) is 8.78 Å². The molecule has 2 aromatic rings. The average molecular weight is 335 g/mol. The SMILES string of the molecule is COc1ccc(CNC(=S)N/N=C\c2ccc(F)cc2F)cc1. The lowest BCUT2D eigenvalue weighted by atomic mass is 10.2. The lowest BCUT2D eigenvalue weighted by Gasteiger charge is -2.07. The van der Waals surface area contributed by atoms with Crippen LogP contribution < -0.4 is 15.5 Å².